The van der Waals surface area contributed by atoms with Gasteiger partial charge in [-0.1, -0.05) is 0 Å². The molecule has 0 spiro atoms. The van der Waals surface area contributed by atoms with Crippen LogP contribution in [0.4, 0.5) is 0 Å². The van der Waals surface area contributed by atoms with Gasteiger partial charge in [0.15, 0.2) is 0 Å². The Bertz CT molecular complexity index is 777. The van der Waals surface area contributed by atoms with E-state index in [9.17, 15) is 14.4 Å². The van der Waals surface area contributed by atoms with E-state index in [1.54, 1.807) is 7.11 Å². The summed E-state index contributed by atoms with van der Waals surface area (Å²) in [5.41, 5.74) is 7.11. The Kier molecular flexibility index (Phi) is 10.9. The zero-order valence-electron chi connectivity index (χ0n) is 15.3. The molecule has 27 heavy (non-hydrogen) atoms. The molecule has 0 saturated carbocycles. The molecule has 9 nitrogen and oxygen atoms in total. The summed E-state index contributed by atoms with van der Waals surface area (Å²) in [4.78, 5) is 33.6. The molecule has 10 heteroatoms. The van der Waals surface area contributed by atoms with Crippen LogP contribution in [0.5, 0.6) is 5.75 Å². The van der Waals surface area contributed by atoms with Crippen molar-refractivity contribution in [1.29, 1.82) is 0 Å². The van der Waals surface area contributed by atoms with Crippen molar-refractivity contribution in [3.8, 4) is 5.75 Å². The number of carboxylic acids is 2. The smallest absolute Gasteiger partial charge is 0.321 e. The van der Waals surface area contributed by atoms with Crippen LogP contribution < -0.4 is 15.8 Å². The van der Waals surface area contributed by atoms with Gasteiger partial charge in [-0.3, -0.25) is 14.4 Å². The van der Waals surface area contributed by atoms with E-state index in [-0.39, 0.29) is 25.4 Å². The Hall–Kier alpha value is -2.45. The first kappa shape index (κ1) is 24.6. The molecule has 1 aromatic heterocycles. The van der Waals surface area contributed by atoms with Crippen molar-refractivity contribution in [1.82, 2.24) is 10.3 Å². The molecule has 1 heterocycles. The molecule has 0 unspecified atom stereocenters. The number of rotatable bonds is 7. The van der Waals surface area contributed by atoms with Gasteiger partial charge in [0.25, 0.3) is 0 Å². The van der Waals surface area contributed by atoms with Gasteiger partial charge in [-0.25, -0.2) is 0 Å². The minimum atomic E-state index is -1.29. The fourth-order valence-corrected chi connectivity index (χ4v) is 2.14. The first-order valence-electron chi connectivity index (χ1n) is 7.83. The second kappa shape index (κ2) is 12.0. The number of H-pyrrole nitrogens is 1. The van der Waals surface area contributed by atoms with E-state index in [2.05, 4.69) is 10.3 Å². The van der Waals surface area contributed by atoms with Crippen LogP contribution in [-0.4, -0.2) is 52.7 Å². The fraction of sp³-hybridized carbons (Fsp3) is 0.353. The van der Waals surface area contributed by atoms with E-state index in [1.165, 1.54) is 12.5 Å². The van der Waals surface area contributed by atoms with Gasteiger partial charge in [0.2, 0.25) is 5.91 Å². The van der Waals surface area contributed by atoms with Crippen molar-refractivity contribution in [2.75, 3.05) is 13.7 Å². The summed E-state index contributed by atoms with van der Waals surface area (Å²) in [5, 5.41) is 20.0. The number of ether oxygens (including phenoxy) is 1. The number of fused-ring (bicyclic) bond motifs is 1. The molecule has 1 atom stereocenters. The molecular formula is C17H23N3O6Zn. The van der Waals surface area contributed by atoms with E-state index in [0.29, 0.717) is 6.54 Å². The van der Waals surface area contributed by atoms with Crippen LogP contribution in [0, 0.1) is 0 Å². The maximum absolute atomic E-state index is 10.8. The summed E-state index contributed by atoms with van der Waals surface area (Å²) in [6.45, 7) is 2.18. The summed E-state index contributed by atoms with van der Waals surface area (Å²) in [6, 6.07) is 4.64. The summed E-state index contributed by atoms with van der Waals surface area (Å²) in [7, 11) is 1.66. The molecule has 0 radical (unpaired) electrons. The zero-order valence-corrected chi connectivity index (χ0v) is 18.3. The average Bonchev–Trinajstić information content (AvgIpc) is 2.96. The predicted molar refractivity (Wildman–Crippen MR) is 95.1 cm³/mol. The number of hydrogen-bond acceptors (Lipinski definition) is 5. The third kappa shape index (κ3) is 8.66. The van der Waals surface area contributed by atoms with E-state index >= 15 is 0 Å². The van der Waals surface area contributed by atoms with E-state index in [4.69, 9.17) is 20.7 Å². The first-order chi connectivity index (χ1) is 12.2. The van der Waals surface area contributed by atoms with Gasteiger partial charge < -0.3 is 31.0 Å². The number of aliphatic carboxylic acids is 2. The second-order valence-corrected chi connectivity index (χ2v) is 5.50. The number of aromatic nitrogens is 1. The quantitative estimate of drug-likeness (QED) is 0.405. The number of hydrogen-bond donors (Lipinski definition) is 5. The molecule has 0 saturated heterocycles. The van der Waals surface area contributed by atoms with Crippen molar-refractivity contribution < 1.29 is 48.8 Å². The Morgan fingerprint density at radius 2 is 1.96 bits per heavy atom. The number of nitrogens with one attached hydrogen (secondary N) is 2. The molecule has 0 aliphatic heterocycles. The molecule has 2 rings (SSSR count). The van der Waals surface area contributed by atoms with Crippen LogP contribution in [0.15, 0.2) is 24.4 Å². The topological polar surface area (TPSA) is 155 Å². The molecular weight excluding hydrogens is 408 g/mol. The summed E-state index contributed by atoms with van der Waals surface area (Å²) in [6.07, 6.45) is 2.26. The third-order valence-corrected chi connectivity index (χ3v) is 3.45. The molecule has 2 aromatic rings. The first-order valence-corrected chi connectivity index (χ1v) is 7.83. The SMILES string of the molecule is COc1ccc2[nH]cc(CCNC(C)=O)c2c1.N[C@@H](CC(=O)O)C(=O)O.[Zn]. The molecule has 1 aromatic carbocycles. The number of nitrogens with two attached hydrogens (primary N) is 1. The van der Waals surface area contributed by atoms with Gasteiger partial charge in [0, 0.05) is 50.0 Å². The van der Waals surface area contributed by atoms with Gasteiger partial charge in [-0.2, -0.15) is 0 Å². The van der Waals surface area contributed by atoms with Gasteiger partial charge >= 0.3 is 11.9 Å². The largest absolute Gasteiger partial charge is 0.497 e. The number of methoxy groups -OCH3 is 1. The van der Waals surface area contributed by atoms with Gasteiger partial charge in [-0.15, -0.1) is 0 Å². The van der Waals surface area contributed by atoms with Gasteiger partial charge in [0.1, 0.15) is 11.8 Å². The Balaban J connectivity index is 0.000000584. The summed E-state index contributed by atoms with van der Waals surface area (Å²) < 4.78 is 5.21. The molecule has 144 valence electrons. The van der Waals surface area contributed by atoms with Crippen LogP contribution in [0.3, 0.4) is 0 Å². The van der Waals surface area contributed by atoms with Crippen LogP contribution >= 0.6 is 0 Å². The maximum Gasteiger partial charge on any atom is 0.321 e. The molecule has 0 fully saturated rings. The van der Waals surface area contributed by atoms with Crippen LogP contribution in [0.1, 0.15) is 18.9 Å². The Labute approximate surface area is 169 Å². The van der Waals surface area contributed by atoms with Gasteiger partial charge in [-0.05, 0) is 30.2 Å². The standard InChI is InChI=1S/C13H16N2O2.C4H7NO4.Zn/c1-9(16)14-6-5-10-8-15-13-4-3-11(17-2)7-12(10)13;5-2(4(8)9)1-3(6)7;/h3-4,7-8,15H,5-6H2,1-2H3,(H,14,16);2H,1,5H2,(H,6,7)(H,8,9);/t;2-;/m.0./s1. The van der Waals surface area contributed by atoms with Crippen molar-refractivity contribution >= 4 is 28.7 Å². The van der Waals surface area contributed by atoms with E-state index in [1.807, 2.05) is 24.4 Å². The number of aromatic amines is 1. The molecule has 1 amide bonds. The van der Waals surface area contributed by atoms with E-state index in [0.717, 1.165) is 23.1 Å². The molecule has 6 N–H and O–H groups in total. The minimum Gasteiger partial charge on any atom is -0.497 e. The maximum atomic E-state index is 10.8. The van der Waals surface area contributed by atoms with Crippen molar-refractivity contribution in [2.45, 2.75) is 25.8 Å². The number of carbonyl (C=O) groups is 3. The monoisotopic (exact) mass is 429 g/mol. The predicted octanol–water partition coefficient (Wildman–Crippen LogP) is 0.726. The van der Waals surface area contributed by atoms with Crippen LogP contribution in [0.25, 0.3) is 10.9 Å². The van der Waals surface area contributed by atoms with Crippen LogP contribution in [0.2, 0.25) is 0 Å². The number of carbonyl (C=O) groups excluding carboxylic acids is 1. The number of carboxylic acid groups (broad SMARTS) is 2. The Morgan fingerprint density at radius 1 is 1.30 bits per heavy atom. The zero-order chi connectivity index (χ0) is 19.7. The number of amides is 1. The van der Waals surface area contributed by atoms with Gasteiger partial charge in [0.05, 0.1) is 13.5 Å². The fourth-order valence-electron chi connectivity index (χ4n) is 2.14. The van der Waals surface area contributed by atoms with Crippen molar-refractivity contribution in [3.63, 3.8) is 0 Å². The third-order valence-electron chi connectivity index (χ3n) is 3.45. The van der Waals surface area contributed by atoms with Crippen molar-refractivity contribution in [3.05, 3.63) is 30.0 Å². The molecule has 0 aliphatic rings. The molecule has 0 bridgehead atoms. The Morgan fingerprint density at radius 3 is 2.44 bits per heavy atom. The summed E-state index contributed by atoms with van der Waals surface area (Å²) >= 11 is 0. The molecule has 0 aliphatic carbocycles. The second-order valence-electron chi connectivity index (χ2n) is 5.50. The number of benzene rings is 1. The normalized spacial score (nSPS) is 10.8. The van der Waals surface area contributed by atoms with Crippen LogP contribution in [-0.2, 0) is 40.3 Å². The van der Waals surface area contributed by atoms with Crippen molar-refractivity contribution in [2.24, 2.45) is 5.73 Å². The minimum absolute atomic E-state index is 0. The average molecular weight is 431 g/mol. The van der Waals surface area contributed by atoms with E-state index < -0.39 is 24.4 Å². The summed E-state index contributed by atoms with van der Waals surface area (Å²) in [5.74, 6) is -1.65.